The lowest BCUT2D eigenvalue weighted by atomic mass is 9.96. The van der Waals surface area contributed by atoms with Gasteiger partial charge in [-0.15, -0.1) is 0 Å². The number of nitrogens with zero attached hydrogens (tertiary/aromatic N) is 1. The third kappa shape index (κ3) is 1.85. The molecule has 2 aromatic rings. The monoisotopic (exact) mass is 223 g/mol. The summed E-state index contributed by atoms with van der Waals surface area (Å²) in [5.41, 5.74) is 7.73. The van der Waals surface area contributed by atoms with Crippen molar-refractivity contribution in [3.8, 4) is 0 Å². The van der Waals surface area contributed by atoms with Gasteiger partial charge in [-0.2, -0.15) is 5.10 Å². The van der Waals surface area contributed by atoms with E-state index in [1.165, 1.54) is 5.56 Å². The normalized spacial score (nSPS) is 13.3. The van der Waals surface area contributed by atoms with Crippen molar-refractivity contribution in [1.29, 1.82) is 0 Å². The van der Waals surface area contributed by atoms with Crippen molar-refractivity contribution >= 4 is 22.5 Å². The lowest BCUT2D eigenvalue weighted by molar-refractivity contribution is 0.693. The maximum absolute atomic E-state index is 5.98. The van der Waals surface area contributed by atoms with Gasteiger partial charge in [-0.05, 0) is 30.5 Å². The van der Waals surface area contributed by atoms with E-state index in [0.29, 0.717) is 17.6 Å². The Morgan fingerprint density at radius 2 is 2.33 bits per heavy atom. The Labute approximate surface area is 93.6 Å². The molecule has 0 spiro atoms. The second-order valence-electron chi connectivity index (χ2n) is 3.76. The van der Waals surface area contributed by atoms with Crippen molar-refractivity contribution in [2.45, 2.75) is 19.3 Å². The van der Waals surface area contributed by atoms with Crippen LogP contribution in [0.1, 0.15) is 24.8 Å². The number of hydrogen-bond acceptors (Lipinski definition) is 2. The van der Waals surface area contributed by atoms with Crippen LogP contribution in [-0.4, -0.2) is 16.7 Å². The summed E-state index contributed by atoms with van der Waals surface area (Å²) in [5, 5.41) is 8.61. The number of para-hydroxylation sites is 1. The topological polar surface area (TPSA) is 54.7 Å². The molecule has 3 nitrogen and oxygen atoms in total. The van der Waals surface area contributed by atoms with Gasteiger partial charge in [-0.1, -0.05) is 30.7 Å². The van der Waals surface area contributed by atoms with Crippen molar-refractivity contribution in [2.75, 3.05) is 6.54 Å². The summed E-state index contributed by atoms with van der Waals surface area (Å²) in [7, 11) is 0. The fraction of sp³-hybridized carbons (Fsp3) is 0.364. The van der Waals surface area contributed by atoms with Gasteiger partial charge < -0.3 is 5.73 Å². The highest BCUT2D eigenvalue weighted by Gasteiger charge is 2.12. The summed E-state index contributed by atoms with van der Waals surface area (Å²) in [6, 6.07) is 6.06. The molecular formula is C11H14ClN3. The van der Waals surface area contributed by atoms with Crippen LogP contribution in [0, 0.1) is 0 Å². The number of H-pyrrole nitrogens is 1. The van der Waals surface area contributed by atoms with Crippen LogP contribution in [0.3, 0.4) is 0 Å². The Bertz CT molecular complexity index is 464. The minimum absolute atomic E-state index is 0.415. The Morgan fingerprint density at radius 3 is 3.07 bits per heavy atom. The standard InChI is InChI=1S/C11H14ClN3/c1-7(5-6-13)8-3-2-4-9-10(8)14-15-11(9)12/h2-4,7H,5-6,13H2,1H3,(H,14,15). The number of nitrogens with two attached hydrogens (primary N) is 1. The number of aromatic amines is 1. The molecule has 0 fully saturated rings. The SMILES string of the molecule is CC(CCN)c1cccc2c(Cl)[nH]nc12. The maximum atomic E-state index is 5.98. The zero-order chi connectivity index (χ0) is 10.8. The number of aromatic nitrogens is 2. The van der Waals surface area contributed by atoms with Gasteiger partial charge in [-0.25, -0.2) is 0 Å². The molecule has 0 saturated carbocycles. The van der Waals surface area contributed by atoms with Crippen LogP contribution in [0.4, 0.5) is 0 Å². The molecule has 0 radical (unpaired) electrons. The first kappa shape index (κ1) is 10.5. The Kier molecular flexibility index (Phi) is 2.93. The fourth-order valence-electron chi connectivity index (χ4n) is 1.83. The molecule has 1 aromatic heterocycles. The predicted molar refractivity (Wildman–Crippen MR) is 63.2 cm³/mol. The lowest BCUT2D eigenvalue weighted by Crippen LogP contribution is -2.04. The highest BCUT2D eigenvalue weighted by molar-refractivity contribution is 6.34. The van der Waals surface area contributed by atoms with Gasteiger partial charge in [0.05, 0.1) is 5.52 Å². The van der Waals surface area contributed by atoms with Crippen LogP contribution >= 0.6 is 11.6 Å². The van der Waals surface area contributed by atoms with Gasteiger partial charge in [0, 0.05) is 5.39 Å². The highest BCUT2D eigenvalue weighted by atomic mass is 35.5. The number of rotatable bonds is 3. The maximum Gasteiger partial charge on any atom is 0.132 e. The van der Waals surface area contributed by atoms with Crippen LogP contribution in [0.25, 0.3) is 10.9 Å². The van der Waals surface area contributed by atoms with Crippen LogP contribution in [0.2, 0.25) is 5.15 Å². The van der Waals surface area contributed by atoms with E-state index in [4.69, 9.17) is 17.3 Å². The Morgan fingerprint density at radius 1 is 1.53 bits per heavy atom. The van der Waals surface area contributed by atoms with E-state index in [-0.39, 0.29) is 0 Å². The van der Waals surface area contributed by atoms with E-state index in [9.17, 15) is 0 Å². The van der Waals surface area contributed by atoms with Crippen molar-refractivity contribution in [2.24, 2.45) is 5.73 Å². The van der Waals surface area contributed by atoms with Gasteiger partial charge in [0.1, 0.15) is 5.15 Å². The van der Waals surface area contributed by atoms with Gasteiger partial charge >= 0.3 is 0 Å². The number of benzene rings is 1. The number of hydrogen-bond donors (Lipinski definition) is 2. The molecule has 0 aliphatic carbocycles. The van der Waals surface area contributed by atoms with E-state index >= 15 is 0 Å². The third-order valence-electron chi connectivity index (χ3n) is 2.70. The first-order valence-corrected chi connectivity index (χ1v) is 5.44. The molecule has 80 valence electrons. The van der Waals surface area contributed by atoms with Crippen molar-refractivity contribution in [3.63, 3.8) is 0 Å². The molecule has 0 bridgehead atoms. The fourth-order valence-corrected chi connectivity index (χ4v) is 2.03. The molecule has 1 heterocycles. The molecule has 15 heavy (non-hydrogen) atoms. The average Bonchev–Trinajstić information content (AvgIpc) is 2.61. The van der Waals surface area contributed by atoms with Crippen LogP contribution in [0.5, 0.6) is 0 Å². The number of halogens is 1. The summed E-state index contributed by atoms with van der Waals surface area (Å²) in [6.07, 6.45) is 0.962. The molecule has 1 atom stereocenters. The largest absolute Gasteiger partial charge is 0.330 e. The first-order chi connectivity index (χ1) is 7.24. The predicted octanol–water partition coefficient (Wildman–Crippen LogP) is 2.67. The van der Waals surface area contributed by atoms with Crippen LogP contribution in [0.15, 0.2) is 18.2 Å². The summed E-state index contributed by atoms with van der Waals surface area (Å²) in [6.45, 7) is 2.85. The van der Waals surface area contributed by atoms with Crippen molar-refractivity contribution in [3.05, 3.63) is 28.9 Å². The van der Waals surface area contributed by atoms with Crippen LogP contribution in [-0.2, 0) is 0 Å². The average molecular weight is 224 g/mol. The zero-order valence-corrected chi connectivity index (χ0v) is 9.38. The van der Waals surface area contributed by atoms with E-state index in [0.717, 1.165) is 17.3 Å². The minimum Gasteiger partial charge on any atom is -0.330 e. The molecule has 0 aliphatic heterocycles. The van der Waals surface area contributed by atoms with Gasteiger partial charge in [-0.3, -0.25) is 5.10 Å². The molecule has 4 heteroatoms. The van der Waals surface area contributed by atoms with Crippen molar-refractivity contribution in [1.82, 2.24) is 10.2 Å². The molecule has 0 aliphatic rings. The summed E-state index contributed by atoms with van der Waals surface area (Å²) in [5.74, 6) is 0.415. The summed E-state index contributed by atoms with van der Waals surface area (Å²) < 4.78 is 0. The Hall–Kier alpha value is -1.06. The Balaban J connectivity index is 2.51. The van der Waals surface area contributed by atoms with Gasteiger partial charge in [0.15, 0.2) is 0 Å². The molecule has 0 saturated heterocycles. The van der Waals surface area contributed by atoms with E-state index < -0.39 is 0 Å². The molecule has 3 N–H and O–H groups in total. The molecular weight excluding hydrogens is 210 g/mol. The van der Waals surface area contributed by atoms with Gasteiger partial charge in [0.2, 0.25) is 0 Å². The smallest absolute Gasteiger partial charge is 0.132 e. The van der Waals surface area contributed by atoms with E-state index in [1.54, 1.807) is 0 Å². The highest BCUT2D eigenvalue weighted by Crippen LogP contribution is 2.29. The molecule has 0 amide bonds. The number of nitrogens with one attached hydrogen (secondary N) is 1. The van der Waals surface area contributed by atoms with E-state index in [2.05, 4.69) is 23.2 Å². The first-order valence-electron chi connectivity index (χ1n) is 5.06. The third-order valence-corrected chi connectivity index (χ3v) is 2.99. The second-order valence-corrected chi connectivity index (χ2v) is 4.14. The van der Waals surface area contributed by atoms with Gasteiger partial charge in [0.25, 0.3) is 0 Å². The van der Waals surface area contributed by atoms with Crippen LogP contribution < -0.4 is 5.73 Å². The number of fused-ring (bicyclic) bond motifs is 1. The summed E-state index contributed by atoms with van der Waals surface area (Å²) in [4.78, 5) is 0. The van der Waals surface area contributed by atoms with E-state index in [1.807, 2.05) is 12.1 Å². The minimum atomic E-state index is 0.415. The molecule has 1 unspecified atom stereocenters. The lowest BCUT2D eigenvalue weighted by Gasteiger charge is -2.10. The van der Waals surface area contributed by atoms with Crippen molar-refractivity contribution < 1.29 is 0 Å². The second kappa shape index (κ2) is 4.21. The summed E-state index contributed by atoms with van der Waals surface area (Å²) >= 11 is 5.98. The quantitative estimate of drug-likeness (QED) is 0.841. The molecule has 2 rings (SSSR count). The zero-order valence-electron chi connectivity index (χ0n) is 8.63. The molecule has 1 aromatic carbocycles.